The molecule has 0 unspecified atom stereocenters. The zero-order chi connectivity index (χ0) is 8.43. The van der Waals surface area contributed by atoms with Gasteiger partial charge in [0.2, 0.25) is 0 Å². The van der Waals surface area contributed by atoms with Crippen LogP contribution in [0.25, 0.3) is 0 Å². The molecule has 0 aromatic heterocycles. The van der Waals surface area contributed by atoms with Crippen molar-refractivity contribution < 1.29 is 0 Å². The van der Waals surface area contributed by atoms with E-state index >= 15 is 0 Å². The van der Waals surface area contributed by atoms with Gasteiger partial charge in [-0.25, -0.2) is 0 Å². The Kier molecular flexibility index (Phi) is 2.61. The van der Waals surface area contributed by atoms with Crippen molar-refractivity contribution in [2.75, 3.05) is 0 Å². The fraction of sp³-hybridized carbons (Fsp3) is 0.400. The summed E-state index contributed by atoms with van der Waals surface area (Å²) < 4.78 is 0. The van der Waals surface area contributed by atoms with Gasteiger partial charge in [0.25, 0.3) is 0 Å². The lowest BCUT2D eigenvalue weighted by molar-refractivity contribution is 1.21. The van der Waals surface area contributed by atoms with Crippen molar-refractivity contribution in [1.29, 1.82) is 0 Å². The van der Waals surface area contributed by atoms with Gasteiger partial charge in [0.1, 0.15) is 0 Å². The average Bonchev–Trinajstić information content (AvgIpc) is 2.01. The van der Waals surface area contributed by atoms with Crippen molar-refractivity contribution in [3.05, 3.63) is 34.4 Å². The molecule has 0 fully saturated rings. The minimum Gasteiger partial charge on any atom is -0.0890 e. The molecule has 1 rings (SSSR count). The molecule has 0 spiro atoms. The van der Waals surface area contributed by atoms with Gasteiger partial charge < -0.3 is 0 Å². The topological polar surface area (TPSA) is 0 Å². The van der Waals surface area contributed by atoms with Gasteiger partial charge >= 0.3 is 0 Å². The molecule has 11 heavy (non-hydrogen) atoms. The molecule has 1 radical (unpaired) electrons. The largest absolute Gasteiger partial charge is 0.0890 e. The van der Waals surface area contributed by atoms with E-state index in [1.807, 2.05) is 0 Å². The molecule has 0 aliphatic heterocycles. The van der Waals surface area contributed by atoms with Crippen LogP contribution in [-0.2, 0) is 5.75 Å². The van der Waals surface area contributed by atoms with Crippen LogP contribution in [0, 0.1) is 20.8 Å². The van der Waals surface area contributed by atoms with Gasteiger partial charge in [-0.05, 0) is 43.0 Å². The number of rotatable bonds is 1. The van der Waals surface area contributed by atoms with Gasteiger partial charge in [-0.3, -0.25) is 0 Å². The van der Waals surface area contributed by atoms with E-state index in [0.29, 0.717) is 0 Å². The van der Waals surface area contributed by atoms with E-state index in [1.165, 1.54) is 22.3 Å². The summed E-state index contributed by atoms with van der Waals surface area (Å²) in [4.78, 5) is 0. The van der Waals surface area contributed by atoms with Crippen LogP contribution < -0.4 is 0 Å². The van der Waals surface area contributed by atoms with E-state index < -0.39 is 0 Å². The van der Waals surface area contributed by atoms with Crippen LogP contribution in [0.4, 0.5) is 0 Å². The predicted octanol–water partition coefficient (Wildman–Crippen LogP) is 3.31. The quantitative estimate of drug-likeness (QED) is 0.599. The minimum atomic E-state index is 0.729. The van der Waals surface area contributed by atoms with Crippen molar-refractivity contribution in [1.82, 2.24) is 0 Å². The highest BCUT2D eigenvalue weighted by molar-refractivity contribution is 7.79. The molecule has 0 nitrogen and oxygen atoms in total. The van der Waals surface area contributed by atoms with E-state index in [9.17, 15) is 0 Å². The molecule has 0 amide bonds. The first-order valence-electron chi connectivity index (χ1n) is 3.80. The molecular formula is C10H13S. The molecule has 1 heteroatoms. The summed E-state index contributed by atoms with van der Waals surface area (Å²) in [6.07, 6.45) is 0. The smallest absolute Gasteiger partial charge is 0.0291 e. The minimum absolute atomic E-state index is 0.729. The Morgan fingerprint density at radius 2 is 1.73 bits per heavy atom. The Hall–Kier alpha value is -0.430. The third-order valence-electron chi connectivity index (χ3n) is 2.33. The van der Waals surface area contributed by atoms with Crippen molar-refractivity contribution >= 4 is 12.6 Å². The fourth-order valence-electron chi connectivity index (χ4n) is 1.17. The van der Waals surface area contributed by atoms with Gasteiger partial charge in [0.05, 0.1) is 0 Å². The van der Waals surface area contributed by atoms with Crippen LogP contribution in [0.5, 0.6) is 0 Å². The Labute approximate surface area is 74.0 Å². The summed E-state index contributed by atoms with van der Waals surface area (Å²) >= 11 is 5.01. The van der Waals surface area contributed by atoms with Crippen LogP contribution >= 0.6 is 12.6 Å². The van der Waals surface area contributed by atoms with Crippen molar-refractivity contribution in [2.45, 2.75) is 26.5 Å². The molecule has 1 aromatic carbocycles. The van der Waals surface area contributed by atoms with E-state index in [0.717, 1.165) is 5.75 Å². The standard InChI is InChI=1S/C10H13S/c1-7-4-5-10(6-11)9(3)8(7)2/h4-5H,6H2,1-3H3. The van der Waals surface area contributed by atoms with Gasteiger partial charge in [-0.15, -0.1) is 0 Å². The van der Waals surface area contributed by atoms with Crippen LogP contribution in [0.3, 0.4) is 0 Å². The zero-order valence-electron chi connectivity index (χ0n) is 7.27. The highest BCUT2D eigenvalue weighted by atomic mass is 32.1. The second-order valence-electron chi connectivity index (χ2n) is 2.94. The van der Waals surface area contributed by atoms with Gasteiger partial charge in [0, 0.05) is 5.75 Å². The van der Waals surface area contributed by atoms with Crippen LogP contribution in [0.2, 0.25) is 0 Å². The predicted molar refractivity (Wildman–Crippen MR) is 51.9 cm³/mol. The molecule has 0 saturated carbocycles. The maximum atomic E-state index is 5.01. The number of hydrogen-bond donors (Lipinski definition) is 0. The van der Waals surface area contributed by atoms with E-state index in [1.54, 1.807) is 0 Å². The fourth-order valence-corrected chi connectivity index (χ4v) is 1.48. The van der Waals surface area contributed by atoms with E-state index in [4.69, 9.17) is 12.6 Å². The summed E-state index contributed by atoms with van der Waals surface area (Å²) in [7, 11) is 0. The maximum Gasteiger partial charge on any atom is 0.0291 e. The normalized spacial score (nSPS) is 10.2. The molecule has 59 valence electrons. The highest BCUT2D eigenvalue weighted by Gasteiger charge is 2.00. The first kappa shape index (κ1) is 8.66. The lowest BCUT2D eigenvalue weighted by Gasteiger charge is -2.08. The molecule has 0 atom stereocenters. The van der Waals surface area contributed by atoms with Gasteiger partial charge in [0.15, 0.2) is 0 Å². The summed E-state index contributed by atoms with van der Waals surface area (Å²) in [5, 5.41) is 0. The second kappa shape index (κ2) is 3.31. The van der Waals surface area contributed by atoms with Crippen LogP contribution in [0.15, 0.2) is 12.1 Å². The van der Waals surface area contributed by atoms with Crippen LogP contribution in [0.1, 0.15) is 22.3 Å². The summed E-state index contributed by atoms with van der Waals surface area (Å²) in [6, 6.07) is 4.27. The second-order valence-corrected chi connectivity index (χ2v) is 3.22. The number of hydrogen-bond acceptors (Lipinski definition) is 0. The third-order valence-corrected chi connectivity index (χ3v) is 2.64. The first-order chi connectivity index (χ1) is 5.16. The average molecular weight is 165 g/mol. The number of aryl methyl sites for hydroxylation is 1. The Balaban J connectivity index is 3.25. The van der Waals surface area contributed by atoms with Gasteiger partial charge in [-0.1, -0.05) is 24.8 Å². The molecule has 0 saturated heterocycles. The van der Waals surface area contributed by atoms with Crippen molar-refractivity contribution in [2.24, 2.45) is 0 Å². The van der Waals surface area contributed by atoms with Crippen molar-refractivity contribution in [3.63, 3.8) is 0 Å². The van der Waals surface area contributed by atoms with E-state index in [-0.39, 0.29) is 0 Å². The molecule has 0 aliphatic carbocycles. The molecular weight excluding hydrogens is 152 g/mol. The first-order valence-corrected chi connectivity index (χ1v) is 4.38. The van der Waals surface area contributed by atoms with Crippen molar-refractivity contribution in [3.8, 4) is 0 Å². The molecule has 1 aromatic rings. The Morgan fingerprint density at radius 3 is 2.27 bits per heavy atom. The number of benzene rings is 1. The summed E-state index contributed by atoms with van der Waals surface area (Å²) in [5.74, 6) is 0.729. The summed E-state index contributed by atoms with van der Waals surface area (Å²) in [5.41, 5.74) is 5.39. The lowest BCUT2D eigenvalue weighted by atomic mass is 10.00. The Morgan fingerprint density at radius 1 is 1.09 bits per heavy atom. The van der Waals surface area contributed by atoms with E-state index in [2.05, 4.69) is 32.9 Å². The molecule has 0 aliphatic rings. The van der Waals surface area contributed by atoms with Gasteiger partial charge in [-0.2, -0.15) is 0 Å². The maximum absolute atomic E-state index is 5.01. The molecule has 0 bridgehead atoms. The zero-order valence-corrected chi connectivity index (χ0v) is 8.09. The molecule has 0 heterocycles. The highest BCUT2D eigenvalue weighted by Crippen LogP contribution is 2.17. The van der Waals surface area contributed by atoms with Crippen LogP contribution in [-0.4, -0.2) is 0 Å². The SMILES string of the molecule is Cc1ccc(C[S])c(C)c1C. The lowest BCUT2D eigenvalue weighted by Crippen LogP contribution is -1.91. The Bertz CT molecular complexity index is 264. The summed E-state index contributed by atoms with van der Waals surface area (Å²) in [6.45, 7) is 6.43. The third kappa shape index (κ3) is 1.59. The molecule has 0 N–H and O–H groups in total. The monoisotopic (exact) mass is 165 g/mol.